The maximum Gasteiger partial charge on any atom is 0.311 e. The lowest BCUT2D eigenvalue weighted by atomic mass is 10.2. The summed E-state index contributed by atoms with van der Waals surface area (Å²) in [5.41, 5.74) is 0.812. The zero-order valence-electron chi connectivity index (χ0n) is 10.0. The molecule has 0 aliphatic carbocycles. The fourth-order valence-corrected chi connectivity index (χ4v) is 2.00. The van der Waals surface area contributed by atoms with Crippen LogP contribution in [0, 0.1) is 15.9 Å². The Morgan fingerprint density at radius 3 is 2.42 bits per heavy atom. The number of nitro benzene ring substituents is 1. The summed E-state index contributed by atoms with van der Waals surface area (Å²) in [5, 5.41) is 11.1. The molecule has 4 nitrogen and oxygen atoms in total. The van der Waals surface area contributed by atoms with E-state index in [2.05, 4.69) is 0 Å². The Hall–Kier alpha value is -2.14. The molecule has 0 fully saturated rings. The molecule has 0 unspecified atom stereocenters. The van der Waals surface area contributed by atoms with E-state index in [4.69, 9.17) is 11.6 Å². The first kappa shape index (κ1) is 13.3. The molecule has 0 atom stereocenters. The molecule has 2 aromatic carbocycles. The van der Waals surface area contributed by atoms with Crippen molar-refractivity contribution >= 4 is 28.7 Å². The summed E-state index contributed by atoms with van der Waals surface area (Å²) in [4.78, 5) is 12.1. The normalized spacial score (nSPS) is 10.3. The molecular weight excluding hydrogens is 271 g/mol. The number of rotatable bonds is 3. The Balaban J connectivity index is 2.49. The highest BCUT2D eigenvalue weighted by molar-refractivity contribution is 6.33. The Bertz CT molecular complexity index is 617. The molecular formula is C13H10ClFN2O2. The average Bonchev–Trinajstić information content (AvgIpc) is 2.38. The van der Waals surface area contributed by atoms with Crippen LogP contribution in [0.3, 0.4) is 0 Å². The number of hydrogen-bond acceptors (Lipinski definition) is 3. The first-order valence-electron chi connectivity index (χ1n) is 5.43. The molecule has 0 aromatic heterocycles. The number of para-hydroxylation sites is 1. The maximum atomic E-state index is 12.9. The predicted molar refractivity (Wildman–Crippen MR) is 72.6 cm³/mol. The van der Waals surface area contributed by atoms with E-state index >= 15 is 0 Å². The van der Waals surface area contributed by atoms with Crippen molar-refractivity contribution in [3.63, 3.8) is 0 Å². The van der Waals surface area contributed by atoms with Gasteiger partial charge in [0.15, 0.2) is 0 Å². The highest BCUT2D eigenvalue weighted by Gasteiger charge is 2.21. The van der Waals surface area contributed by atoms with Crippen molar-refractivity contribution in [2.24, 2.45) is 0 Å². The van der Waals surface area contributed by atoms with Gasteiger partial charge in [0.05, 0.1) is 4.92 Å². The van der Waals surface area contributed by atoms with E-state index in [1.807, 2.05) is 0 Å². The van der Waals surface area contributed by atoms with Gasteiger partial charge < -0.3 is 4.90 Å². The van der Waals surface area contributed by atoms with Crippen LogP contribution in [-0.4, -0.2) is 12.0 Å². The molecule has 0 N–H and O–H groups in total. The van der Waals surface area contributed by atoms with E-state index in [1.165, 1.54) is 18.2 Å². The van der Waals surface area contributed by atoms with Crippen molar-refractivity contribution in [3.05, 3.63) is 63.4 Å². The van der Waals surface area contributed by atoms with Gasteiger partial charge in [-0.1, -0.05) is 17.7 Å². The van der Waals surface area contributed by atoms with Gasteiger partial charge in [-0.15, -0.1) is 0 Å². The Morgan fingerprint density at radius 1 is 1.21 bits per heavy atom. The molecule has 0 saturated carbocycles. The van der Waals surface area contributed by atoms with Gasteiger partial charge in [-0.2, -0.15) is 0 Å². The minimum absolute atomic E-state index is 0.0662. The summed E-state index contributed by atoms with van der Waals surface area (Å²) in [6.45, 7) is 0. The monoisotopic (exact) mass is 280 g/mol. The van der Waals surface area contributed by atoms with E-state index < -0.39 is 4.92 Å². The summed E-state index contributed by atoms with van der Waals surface area (Å²) in [6, 6.07) is 10.4. The largest absolute Gasteiger partial charge is 0.339 e. The molecule has 0 bridgehead atoms. The van der Waals surface area contributed by atoms with Gasteiger partial charge in [0, 0.05) is 12.7 Å². The van der Waals surface area contributed by atoms with E-state index in [9.17, 15) is 14.5 Å². The molecule has 0 heterocycles. The van der Waals surface area contributed by atoms with Gasteiger partial charge >= 0.3 is 5.69 Å². The lowest BCUT2D eigenvalue weighted by molar-refractivity contribution is -0.383. The molecule has 19 heavy (non-hydrogen) atoms. The second kappa shape index (κ2) is 5.24. The minimum Gasteiger partial charge on any atom is -0.339 e. The topological polar surface area (TPSA) is 46.4 Å². The molecule has 6 heteroatoms. The third-order valence-electron chi connectivity index (χ3n) is 2.72. The molecule has 0 saturated heterocycles. The molecule has 2 rings (SSSR count). The molecule has 98 valence electrons. The molecule has 0 radical (unpaired) electrons. The number of nitro groups is 1. The highest BCUT2D eigenvalue weighted by atomic mass is 35.5. The van der Waals surface area contributed by atoms with Crippen LogP contribution in [0.5, 0.6) is 0 Å². The highest BCUT2D eigenvalue weighted by Crippen LogP contribution is 2.37. The molecule has 0 aliphatic heterocycles. The fraction of sp³-hybridized carbons (Fsp3) is 0.0769. The number of anilines is 2. The van der Waals surface area contributed by atoms with Crippen LogP contribution in [0.4, 0.5) is 21.5 Å². The molecule has 2 aromatic rings. The average molecular weight is 281 g/mol. The zero-order valence-corrected chi connectivity index (χ0v) is 10.8. The minimum atomic E-state index is -0.530. The van der Waals surface area contributed by atoms with Gasteiger partial charge in [-0.3, -0.25) is 10.1 Å². The van der Waals surface area contributed by atoms with Crippen LogP contribution >= 0.6 is 11.6 Å². The van der Waals surface area contributed by atoms with Crippen molar-refractivity contribution in [1.29, 1.82) is 0 Å². The van der Waals surface area contributed by atoms with Crippen LogP contribution in [0.1, 0.15) is 0 Å². The van der Waals surface area contributed by atoms with Crippen molar-refractivity contribution in [1.82, 2.24) is 0 Å². The van der Waals surface area contributed by atoms with E-state index in [-0.39, 0.29) is 16.5 Å². The summed E-state index contributed by atoms with van der Waals surface area (Å²) < 4.78 is 12.9. The standard InChI is InChI=1S/C13H10ClFN2O2/c1-16(10-7-5-9(15)6-8-10)12-4-2-3-11(14)13(12)17(18)19/h2-8H,1H3. The van der Waals surface area contributed by atoms with Crippen molar-refractivity contribution in [2.45, 2.75) is 0 Å². The van der Waals surface area contributed by atoms with Crippen LogP contribution in [0.15, 0.2) is 42.5 Å². The first-order valence-corrected chi connectivity index (χ1v) is 5.80. The quantitative estimate of drug-likeness (QED) is 0.626. The first-order chi connectivity index (χ1) is 9.00. The van der Waals surface area contributed by atoms with E-state index in [0.29, 0.717) is 11.4 Å². The zero-order chi connectivity index (χ0) is 14.0. The van der Waals surface area contributed by atoms with Gasteiger partial charge in [-0.05, 0) is 36.4 Å². The molecule has 0 amide bonds. The second-order valence-electron chi connectivity index (χ2n) is 3.90. The lowest BCUT2D eigenvalue weighted by Crippen LogP contribution is -2.11. The predicted octanol–water partition coefficient (Wildman–Crippen LogP) is 4.16. The van der Waals surface area contributed by atoms with Gasteiger partial charge in [0.1, 0.15) is 16.5 Å². The number of nitrogens with zero attached hydrogens (tertiary/aromatic N) is 2. The second-order valence-corrected chi connectivity index (χ2v) is 4.31. The van der Waals surface area contributed by atoms with E-state index in [1.54, 1.807) is 36.2 Å². The Labute approximate surface area is 114 Å². The third kappa shape index (κ3) is 2.66. The number of benzene rings is 2. The van der Waals surface area contributed by atoms with Crippen LogP contribution < -0.4 is 4.90 Å². The maximum absolute atomic E-state index is 12.9. The smallest absolute Gasteiger partial charge is 0.311 e. The van der Waals surface area contributed by atoms with Crippen molar-refractivity contribution in [3.8, 4) is 0 Å². The molecule has 0 spiro atoms. The lowest BCUT2D eigenvalue weighted by Gasteiger charge is -2.19. The number of halogens is 2. The van der Waals surface area contributed by atoms with Crippen LogP contribution in [0.2, 0.25) is 5.02 Å². The summed E-state index contributed by atoms with van der Waals surface area (Å²) >= 11 is 5.85. The summed E-state index contributed by atoms with van der Waals surface area (Å²) in [7, 11) is 1.66. The molecule has 0 aliphatic rings. The summed E-state index contributed by atoms with van der Waals surface area (Å²) in [6.07, 6.45) is 0. The SMILES string of the molecule is CN(c1ccc(F)cc1)c1cccc(Cl)c1[N+](=O)[O-]. The van der Waals surface area contributed by atoms with Crippen molar-refractivity contribution in [2.75, 3.05) is 11.9 Å². The Kier molecular flexibility index (Phi) is 3.66. The third-order valence-corrected chi connectivity index (χ3v) is 3.03. The van der Waals surface area contributed by atoms with Crippen LogP contribution in [-0.2, 0) is 0 Å². The van der Waals surface area contributed by atoms with Gasteiger partial charge in [0.2, 0.25) is 0 Å². The summed E-state index contributed by atoms with van der Waals surface area (Å²) in [5.74, 6) is -0.363. The number of hydrogen-bond donors (Lipinski definition) is 0. The fourth-order valence-electron chi connectivity index (χ4n) is 1.76. The van der Waals surface area contributed by atoms with Crippen LogP contribution in [0.25, 0.3) is 0 Å². The van der Waals surface area contributed by atoms with Gasteiger partial charge in [-0.25, -0.2) is 4.39 Å². The van der Waals surface area contributed by atoms with Gasteiger partial charge in [0.25, 0.3) is 0 Å². The van der Waals surface area contributed by atoms with Crippen molar-refractivity contribution < 1.29 is 9.31 Å². The Morgan fingerprint density at radius 2 is 1.84 bits per heavy atom. The van der Waals surface area contributed by atoms with E-state index in [0.717, 1.165) is 0 Å².